The van der Waals surface area contributed by atoms with Crippen LogP contribution in [0.25, 0.3) is 0 Å². The van der Waals surface area contributed by atoms with Gasteiger partial charge in [0.05, 0.1) is 6.04 Å². The lowest BCUT2D eigenvalue weighted by Gasteiger charge is -2.14. The van der Waals surface area contributed by atoms with Crippen molar-refractivity contribution < 1.29 is 19.1 Å². The van der Waals surface area contributed by atoms with Gasteiger partial charge in [-0.15, -0.1) is 0 Å². The normalized spacial score (nSPS) is 11.3. The van der Waals surface area contributed by atoms with Gasteiger partial charge in [0.1, 0.15) is 6.54 Å². The minimum absolute atomic E-state index is 0.195. The van der Waals surface area contributed by atoms with Crippen LogP contribution in [0.5, 0.6) is 0 Å². The second-order valence-corrected chi connectivity index (χ2v) is 6.47. The monoisotopic (exact) mass is 418 g/mol. The van der Waals surface area contributed by atoms with Crippen molar-refractivity contribution in [2.75, 3.05) is 13.2 Å². The van der Waals surface area contributed by atoms with Crippen LogP contribution in [0.3, 0.4) is 0 Å². The molecule has 0 aliphatic heterocycles. The molecule has 0 fully saturated rings. The molecule has 2 amide bonds. The van der Waals surface area contributed by atoms with E-state index in [1.54, 1.807) is 24.3 Å². The molecule has 0 aliphatic rings. The quantitative estimate of drug-likeness (QED) is 0.676. The van der Waals surface area contributed by atoms with E-state index < -0.39 is 24.4 Å². The Labute approximate surface area is 160 Å². The van der Waals surface area contributed by atoms with E-state index in [0.717, 1.165) is 10.0 Å². The van der Waals surface area contributed by atoms with Gasteiger partial charge in [-0.2, -0.15) is 0 Å². The molecule has 0 aromatic heterocycles. The molecule has 6 nitrogen and oxygen atoms in total. The highest BCUT2D eigenvalue weighted by molar-refractivity contribution is 9.10. The fraction of sp³-hybridized carbons (Fsp3) is 0.211. The maximum atomic E-state index is 11.9. The van der Waals surface area contributed by atoms with Gasteiger partial charge in [0.2, 0.25) is 0 Å². The first-order valence-corrected chi connectivity index (χ1v) is 8.78. The molecule has 0 unspecified atom stereocenters. The van der Waals surface area contributed by atoms with Crippen molar-refractivity contribution in [3.63, 3.8) is 0 Å². The van der Waals surface area contributed by atoms with E-state index in [4.69, 9.17) is 4.74 Å². The Morgan fingerprint density at radius 1 is 1.04 bits per heavy atom. The van der Waals surface area contributed by atoms with Crippen molar-refractivity contribution in [1.82, 2.24) is 10.6 Å². The number of nitrogens with one attached hydrogen (secondary N) is 2. The van der Waals surface area contributed by atoms with E-state index in [1.807, 2.05) is 37.3 Å². The van der Waals surface area contributed by atoms with Crippen LogP contribution in [0.2, 0.25) is 0 Å². The van der Waals surface area contributed by atoms with Gasteiger partial charge in [-0.1, -0.05) is 46.3 Å². The van der Waals surface area contributed by atoms with Crippen LogP contribution in [0, 0.1) is 0 Å². The van der Waals surface area contributed by atoms with Gasteiger partial charge >= 0.3 is 5.97 Å². The number of carbonyl (C=O) groups excluding carboxylic acids is 3. The second kappa shape index (κ2) is 9.72. The summed E-state index contributed by atoms with van der Waals surface area (Å²) in [6.07, 6.45) is 0. The summed E-state index contributed by atoms with van der Waals surface area (Å²) >= 11 is 3.28. The first-order valence-electron chi connectivity index (χ1n) is 7.99. The number of amides is 2. The topological polar surface area (TPSA) is 84.5 Å². The Balaban J connectivity index is 1.70. The van der Waals surface area contributed by atoms with E-state index >= 15 is 0 Å². The van der Waals surface area contributed by atoms with Crippen molar-refractivity contribution in [2.45, 2.75) is 13.0 Å². The molecule has 26 heavy (non-hydrogen) atoms. The molecule has 0 saturated carbocycles. The highest BCUT2D eigenvalue weighted by Crippen LogP contribution is 2.11. The lowest BCUT2D eigenvalue weighted by atomic mass is 10.1. The number of benzene rings is 2. The molecule has 0 heterocycles. The summed E-state index contributed by atoms with van der Waals surface area (Å²) < 4.78 is 5.72. The number of halogens is 1. The summed E-state index contributed by atoms with van der Waals surface area (Å²) in [5, 5.41) is 5.19. The molecule has 136 valence electrons. The zero-order valence-electron chi connectivity index (χ0n) is 14.2. The standard InChI is InChI=1S/C19H19BrN2O4/c1-13(14-5-3-2-4-6-14)22-17(23)12-26-18(24)11-21-19(25)15-7-9-16(20)10-8-15/h2-10,13H,11-12H2,1H3,(H,21,25)(H,22,23)/t13-/m0/s1. The zero-order valence-corrected chi connectivity index (χ0v) is 15.8. The van der Waals surface area contributed by atoms with Crippen LogP contribution < -0.4 is 10.6 Å². The number of esters is 1. The smallest absolute Gasteiger partial charge is 0.325 e. The predicted molar refractivity (Wildman–Crippen MR) is 100 cm³/mol. The number of hydrogen-bond acceptors (Lipinski definition) is 4. The fourth-order valence-electron chi connectivity index (χ4n) is 2.16. The van der Waals surface area contributed by atoms with E-state index in [2.05, 4.69) is 26.6 Å². The molecule has 1 atom stereocenters. The zero-order chi connectivity index (χ0) is 18.9. The summed E-state index contributed by atoms with van der Waals surface area (Å²) in [5.41, 5.74) is 1.38. The Hall–Kier alpha value is -2.67. The highest BCUT2D eigenvalue weighted by Gasteiger charge is 2.13. The van der Waals surface area contributed by atoms with E-state index in [0.29, 0.717) is 5.56 Å². The average Bonchev–Trinajstić information content (AvgIpc) is 2.65. The van der Waals surface area contributed by atoms with Crippen LogP contribution in [0.4, 0.5) is 0 Å². The highest BCUT2D eigenvalue weighted by atomic mass is 79.9. The van der Waals surface area contributed by atoms with Crippen molar-refractivity contribution in [3.05, 3.63) is 70.2 Å². The molecule has 0 bridgehead atoms. The average molecular weight is 419 g/mol. The molecular formula is C19H19BrN2O4. The fourth-order valence-corrected chi connectivity index (χ4v) is 2.43. The van der Waals surface area contributed by atoms with Crippen molar-refractivity contribution in [1.29, 1.82) is 0 Å². The second-order valence-electron chi connectivity index (χ2n) is 5.55. The van der Waals surface area contributed by atoms with Gasteiger partial charge < -0.3 is 15.4 Å². The molecule has 2 aromatic rings. The largest absolute Gasteiger partial charge is 0.454 e. The minimum atomic E-state index is -0.682. The van der Waals surface area contributed by atoms with Gasteiger partial charge in [-0.3, -0.25) is 14.4 Å². The number of hydrogen-bond donors (Lipinski definition) is 2. The third kappa shape index (κ3) is 6.33. The molecule has 2 N–H and O–H groups in total. The molecule has 0 aliphatic carbocycles. The van der Waals surface area contributed by atoms with Crippen molar-refractivity contribution in [2.24, 2.45) is 0 Å². The Bertz CT molecular complexity index is 763. The maximum absolute atomic E-state index is 11.9. The minimum Gasteiger partial charge on any atom is -0.454 e. The van der Waals surface area contributed by atoms with Crippen LogP contribution in [-0.2, 0) is 14.3 Å². The molecule has 2 aromatic carbocycles. The maximum Gasteiger partial charge on any atom is 0.325 e. The Kier molecular flexibility index (Phi) is 7.35. The molecule has 2 rings (SSSR count). The summed E-state index contributed by atoms with van der Waals surface area (Å²) in [5.74, 6) is -1.48. The lowest BCUT2D eigenvalue weighted by molar-refractivity contribution is -0.147. The van der Waals surface area contributed by atoms with Gasteiger partial charge in [0.25, 0.3) is 11.8 Å². The van der Waals surface area contributed by atoms with E-state index in [1.165, 1.54) is 0 Å². The molecule has 0 radical (unpaired) electrons. The molecule has 0 spiro atoms. The Morgan fingerprint density at radius 3 is 2.35 bits per heavy atom. The van der Waals surface area contributed by atoms with Gasteiger partial charge in [-0.05, 0) is 36.8 Å². The first kappa shape index (κ1) is 19.7. The van der Waals surface area contributed by atoms with Gasteiger partial charge in [0.15, 0.2) is 6.61 Å². The SMILES string of the molecule is C[C@H](NC(=O)COC(=O)CNC(=O)c1ccc(Br)cc1)c1ccccc1. The number of carbonyl (C=O) groups is 3. The Morgan fingerprint density at radius 2 is 1.69 bits per heavy atom. The van der Waals surface area contributed by atoms with Gasteiger partial charge in [0, 0.05) is 10.0 Å². The summed E-state index contributed by atoms with van der Waals surface area (Å²) in [7, 11) is 0. The third-order valence-electron chi connectivity index (χ3n) is 3.54. The van der Waals surface area contributed by atoms with Crippen LogP contribution >= 0.6 is 15.9 Å². The van der Waals surface area contributed by atoms with Crippen LogP contribution in [0.15, 0.2) is 59.1 Å². The van der Waals surface area contributed by atoms with Crippen molar-refractivity contribution >= 4 is 33.7 Å². The van der Waals surface area contributed by atoms with Crippen molar-refractivity contribution in [3.8, 4) is 0 Å². The summed E-state index contributed by atoms with van der Waals surface area (Å²) in [6.45, 7) is 1.13. The van der Waals surface area contributed by atoms with Crippen LogP contribution in [-0.4, -0.2) is 30.9 Å². The summed E-state index contributed by atoms with van der Waals surface area (Å²) in [4.78, 5) is 35.4. The summed E-state index contributed by atoms with van der Waals surface area (Å²) in [6, 6.07) is 16.0. The first-order chi connectivity index (χ1) is 12.5. The van der Waals surface area contributed by atoms with E-state index in [-0.39, 0.29) is 12.6 Å². The van der Waals surface area contributed by atoms with Gasteiger partial charge in [-0.25, -0.2) is 0 Å². The number of ether oxygens (including phenoxy) is 1. The molecule has 0 saturated heterocycles. The predicted octanol–water partition coefficient (Wildman–Crippen LogP) is 2.60. The molecular weight excluding hydrogens is 400 g/mol. The molecule has 7 heteroatoms. The van der Waals surface area contributed by atoms with E-state index in [9.17, 15) is 14.4 Å². The van der Waals surface area contributed by atoms with Crippen LogP contribution in [0.1, 0.15) is 28.9 Å². The number of rotatable bonds is 7. The third-order valence-corrected chi connectivity index (χ3v) is 4.07. The lowest BCUT2D eigenvalue weighted by Crippen LogP contribution is -2.34.